The molecule has 0 amide bonds. The third-order valence-electron chi connectivity index (χ3n) is 3.08. The number of halogens is 1. The van der Waals surface area contributed by atoms with Crippen molar-refractivity contribution in [2.45, 2.75) is 16.9 Å². The number of aliphatic hydroxyl groups excluding tert-OH is 1. The second kappa shape index (κ2) is 5.69. The molecule has 19 heavy (non-hydrogen) atoms. The van der Waals surface area contributed by atoms with E-state index < -0.39 is 16.6 Å². The summed E-state index contributed by atoms with van der Waals surface area (Å²) in [5, 5.41) is 28.1. The number of rotatable bonds is 3. The molecule has 1 aromatic carbocycles. The zero-order chi connectivity index (χ0) is 14.0. The first-order chi connectivity index (χ1) is 8.99. The van der Waals surface area contributed by atoms with Crippen molar-refractivity contribution in [3.05, 3.63) is 28.2 Å². The van der Waals surface area contributed by atoms with Crippen LogP contribution in [0.15, 0.2) is 27.6 Å². The van der Waals surface area contributed by atoms with Crippen LogP contribution in [0.4, 0.5) is 0 Å². The Morgan fingerprint density at radius 1 is 1.58 bits per heavy atom. The summed E-state index contributed by atoms with van der Waals surface area (Å²) in [6.45, 7) is 0.202. The van der Waals surface area contributed by atoms with Crippen LogP contribution in [0.3, 0.4) is 0 Å². The Bertz CT molecular complexity index is 560. The van der Waals surface area contributed by atoms with E-state index in [0.29, 0.717) is 23.4 Å². The Hall–Kier alpha value is -0.780. The van der Waals surface area contributed by atoms with E-state index in [2.05, 4.69) is 15.9 Å². The molecule has 1 aliphatic heterocycles. The molecule has 2 unspecified atom stereocenters. The molecule has 2 atom stereocenters. The smallest absolute Gasteiger partial charge is 0.129 e. The van der Waals surface area contributed by atoms with Crippen LogP contribution in [-0.2, 0) is 11.0 Å². The van der Waals surface area contributed by atoms with Gasteiger partial charge in [-0.25, -0.2) is 8.51 Å². The number of nitriles is 1. The predicted octanol–water partition coefficient (Wildman–Crippen LogP) is 0.772. The maximum atomic E-state index is 12.4. The van der Waals surface area contributed by atoms with E-state index in [1.807, 2.05) is 6.07 Å². The lowest BCUT2D eigenvalue weighted by Crippen LogP contribution is -2.37. The summed E-state index contributed by atoms with van der Waals surface area (Å²) in [6, 6.07) is 6.99. The van der Waals surface area contributed by atoms with Crippen LogP contribution in [0.1, 0.15) is 12.0 Å². The lowest BCUT2D eigenvalue weighted by Gasteiger charge is -2.20. The summed E-state index contributed by atoms with van der Waals surface area (Å²) in [6.07, 6.45) is 0.369. The van der Waals surface area contributed by atoms with Crippen LogP contribution in [0, 0.1) is 11.3 Å². The van der Waals surface area contributed by atoms with Gasteiger partial charge in [0.25, 0.3) is 0 Å². The zero-order valence-electron chi connectivity index (χ0n) is 10.0. The Morgan fingerprint density at radius 3 is 2.89 bits per heavy atom. The van der Waals surface area contributed by atoms with Gasteiger partial charge in [-0.05, 0) is 24.6 Å². The van der Waals surface area contributed by atoms with Crippen molar-refractivity contribution in [3.63, 3.8) is 0 Å². The molecule has 1 heterocycles. The highest BCUT2D eigenvalue weighted by atomic mass is 79.9. The number of β-amino-alcohol motifs (C(OH)–C–C–N with tert-alkyl or cyclic N) is 1. The van der Waals surface area contributed by atoms with Gasteiger partial charge in [-0.3, -0.25) is 0 Å². The molecule has 7 heteroatoms. The van der Waals surface area contributed by atoms with Gasteiger partial charge < -0.3 is 10.2 Å². The van der Waals surface area contributed by atoms with Crippen molar-refractivity contribution < 1.29 is 14.4 Å². The molecule has 0 spiro atoms. The summed E-state index contributed by atoms with van der Waals surface area (Å²) in [7, 11) is -1.51. The van der Waals surface area contributed by atoms with E-state index >= 15 is 0 Å². The summed E-state index contributed by atoms with van der Waals surface area (Å²) in [5.74, 6) is 0. The van der Waals surface area contributed by atoms with Crippen molar-refractivity contribution in [1.29, 1.82) is 5.26 Å². The third-order valence-corrected chi connectivity index (χ3v) is 5.08. The van der Waals surface area contributed by atoms with Crippen molar-refractivity contribution in [2.24, 2.45) is 0 Å². The molecule has 0 bridgehead atoms. The van der Waals surface area contributed by atoms with Crippen molar-refractivity contribution >= 4 is 26.9 Å². The van der Waals surface area contributed by atoms with Gasteiger partial charge in [-0.1, -0.05) is 15.9 Å². The fourth-order valence-electron chi connectivity index (χ4n) is 1.97. The predicted molar refractivity (Wildman–Crippen MR) is 73.5 cm³/mol. The first-order valence-electron chi connectivity index (χ1n) is 5.69. The highest BCUT2D eigenvalue weighted by molar-refractivity contribution is 9.10. The molecular weight excluding hydrogens is 332 g/mol. The minimum Gasteiger partial charge on any atom is -0.393 e. The molecule has 1 saturated heterocycles. The first-order valence-corrected chi connectivity index (χ1v) is 7.59. The van der Waals surface area contributed by atoms with Gasteiger partial charge in [0.05, 0.1) is 17.1 Å². The largest absolute Gasteiger partial charge is 0.393 e. The molecule has 5 nitrogen and oxygen atoms in total. The SMILES string of the molecule is N#Cc1cc(Br)ccc1S(=O)N1CCC(O)(CO)C1. The van der Waals surface area contributed by atoms with Gasteiger partial charge in [0.2, 0.25) is 0 Å². The molecule has 1 aromatic rings. The van der Waals surface area contributed by atoms with Crippen LogP contribution in [0.5, 0.6) is 0 Å². The first kappa shape index (κ1) is 14.6. The van der Waals surface area contributed by atoms with Crippen molar-refractivity contribution in [3.8, 4) is 6.07 Å². The van der Waals surface area contributed by atoms with Gasteiger partial charge in [-0.15, -0.1) is 0 Å². The van der Waals surface area contributed by atoms with Gasteiger partial charge >= 0.3 is 0 Å². The standard InChI is InChI=1S/C12H13BrN2O3S/c13-10-1-2-11(9(5-10)6-14)19(18)15-4-3-12(17,7-15)8-16/h1-2,5,16-17H,3-4,7-8H2. The summed E-state index contributed by atoms with van der Waals surface area (Å²) < 4.78 is 14.7. The fraction of sp³-hybridized carbons (Fsp3) is 0.417. The van der Waals surface area contributed by atoms with E-state index in [9.17, 15) is 9.32 Å². The fourth-order valence-corrected chi connectivity index (χ4v) is 3.70. The lowest BCUT2D eigenvalue weighted by molar-refractivity contribution is -0.000503. The normalized spacial score (nSPS) is 25.2. The molecule has 0 saturated carbocycles. The molecule has 0 radical (unpaired) electrons. The van der Waals surface area contributed by atoms with E-state index in [1.165, 1.54) is 0 Å². The molecule has 2 rings (SSSR count). The average Bonchev–Trinajstić information content (AvgIpc) is 2.81. The van der Waals surface area contributed by atoms with Crippen LogP contribution in [0.25, 0.3) is 0 Å². The minimum absolute atomic E-state index is 0.136. The highest BCUT2D eigenvalue weighted by Gasteiger charge is 2.38. The summed E-state index contributed by atoms with van der Waals surface area (Å²) in [5.41, 5.74) is -0.857. The van der Waals surface area contributed by atoms with Gasteiger partial charge in [0.1, 0.15) is 22.7 Å². The average molecular weight is 345 g/mol. The van der Waals surface area contributed by atoms with Crippen LogP contribution < -0.4 is 0 Å². The second-order valence-electron chi connectivity index (χ2n) is 4.50. The summed E-state index contributed by atoms with van der Waals surface area (Å²) >= 11 is 3.26. The molecule has 0 aromatic heterocycles. The summed E-state index contributed by atoms with van der Waals surface area (Å²) in [4.78, 5) is 0.424. The number of hydrogen-bond donors (Lipinski definition) is 2. The second-order valence-corrected chi connectivity index (χ2v) is 6.87. The van der Waals surface area contributed by atoms with Gasteiger partial charge in [0, 0.05) is 17.6 Å². The molecule has 1 aliphatic rings. The molecule has 0 aliphatic carbocycles. The Morgan fingerprint density at radius 2 is 2.32 bits per heavy atom. The van der Waals surface area contributed by atoms with Crippen molar-refractivity contribution in [2.75, 3.05) is 19.7 Å². The topological polar surface area (TPSA) is 84.6 Å². The van der Waals surface area contributed by atoms with Crippen LogP contribution in [-0.4, -0.2) is 44.0 Å². The van der Waals surface area contributed by atoms with E-state index in [1.54, 1.807) is 22.5 Å². The number of benzene rings is 1. The van der Waals surface area contributed by atoms with Gasteiger partial charge in [0.15, 0.2) is 0 Å². The van der Waals surface area contributed by atoms with Gasteiger partial charge in [-0.2, -0.15) is 5.26 Å². The van der Waals surface area contributed by atoms with Crippen LogP contribution >= 0.6 is 15.9 Å². The zero-order valence-corrected chi connectivity index (χ0v) is 12.4. The number of hydrogen-bond acceptors (Lipinski definition) is 4. The third kappa shape index (κ3) is 3.04. The van der Waals surface area contributed by atoms with Crippen molar-refractivity contribution in [1.82, 2.24) is 4.31 Å². The Balaban J connectivity index is 2.25. The molecule has 2 N–H and O–H groups in total. The monoisotopic (exact) mass is 344 g/mol. The Labute approximate surface area is 122 Å². The maximum absolute atomic E-state index is 12.4. The quantitative estimate of drug-likeness (QED) is 0.848. The number of aliphatic hydroxyl groups is 2. The van der Waals surface area contributed by atoms with E-state index in [4.69, 9.17) is 10.4 Å². The van der Waals surface area contributed by atoms with Crippen LogP contribution in [0.2, 0.25) is 0 Å². The molecule has 1 fully saturated rings. The highest BCUT2D eigenvalue weighted by Crippen LogP contribution is 2.27. The minimum atomic E-state index is -1.51. The maximum Gasteiger partial charge on any atom is 0.129 e. The van der Waals surface area contributed by atoms with E-state index in [-0.39, 0.29) is 13.2 Å². The molecule has 102 valence electrons. The lowest BCUT2D eigenvalue weighted by atomic mass is 10.1. The molecular formula is C12H13BrN2O3S. The number of nitrogens with zero attached hydrogens (tertiary/aromatic N) is 2. The van der Waals surface area contributed by atoms with E-state index in [0.717, 1.165) is 4.47 Å². The Kier molecular flexibility index (Phi) is 4.38.